The molecule has 1 aromatic carbocycles. The van der Waals surface area contributed by atoms with Crippen molar-refractivity contribution in [3.05, 3.63) is 23.3 Å². The highest BCUT2D eigenvalue weighted by Gasteiger charge is 2.56. The minimum absolute atomic E-state index is 0.0534. The number of benzene rings is 1. The normalized spacial score (nSPS) is 32.6. The van der Waals surface area contributed by atoms with Gasteiger partial charge in [-0.3, -0.25) is 9.59 Å². The minimum atomic E-state index is -0.324. The average molecular weight is 401 g/mol. The maximum absolute atomic E-state index is 11.6. The fourth-order valence-corrected chi connectivity index (χ4v) is 6.43. The zero-order chi connectivity index (χ0) is 20.8. The molecule has 29 heavy (non-hydrogen) atoms. The molecule has 158 valence electrons. The predicted molar refractivity (Wildman–Crippen MR) is 109 cm³/mol. The fourth-order valence-electron chi connectivity index (χ4n) is 6.43. The van der Waals surface area contributed by atoms with Crippen LogP contribution in [0.15, 0.2) is 12.1 Å². The Bertz CT molecular complexity index is 816. The molecular formula is C24H32O5. The van der Waals surface area contributed by atoms with Crippen molar-refractivity contribution in [2.45, 2.75) is 78.2 Å². The van der Waals surface area contributed by atoms with E-state index in [1.165, 1.54) is 25.0 Å². The zero-order valence-corrected chi connectivity index (χ0v) is 18.0. The van der Waals surface area contributed by atoms with Gasteiger partial charge in [0, 0.05) is 19.3 Å². The Morgan fingerprint density at radius 1 is 1.07 bits per heavy atom. The zero-order valence-electron chi connectivity index (χ0n) is 18.0. The van der Waals surface area contributed by atoms with Gasteiger partial charge in [0.25, 0.3) is 0 Å². The Morgan fingerprint density at radius 2 is 1.86 bits per heavy atom. The van der Waals surface area contributed by atoms with Gasteiger partial charge in [0.05, 0.1) is 6.61 Å². The number of esters is 2. The third kappa shape index (κ3) is 3.53. The van der Waals surface area contributed by atoms with E-state index in [-0.39, 0.29) is 23.5 Å². The first-order valence-electron chi connectivity index (χ1n) is 11.0. The van der Waals surface area contributed by atoms with Crippen LogP contribution in [0.4, 0.5) is 0 Å². The summed E-state index contributed by atoms with van der Waals surface area (Å²) < 4.78 is 17.0. The molecule has 3 aliphatic carbocycles. The lowest BCUT2D eigenvalue weighted by atomic mass is 9.55. The van der Waals surface area contributed by atoms with Crippen molar-refractivity contribution in [3.63, 3.8) is 0 Å². The van der Waals surface area contributed by atoms with E-state index in [1.807, 2.05) is 13.0 Å². The summed E-state index contributed by atoms with van der Waals surface area (Å²) in [5, 5.41) is 0. The minimum Gasteiger partial charge on any atom is -0.490 e. The molecule has 1 aromatic rings. The molecule has 5 atom stereocenters. The summed E-state index contributed by atoms with van der Waals surface area (Å²) in [5.74, 6) is 2.41. The van der Waals surface area contributed by atoms with Gasteiger partial charge in [-0.25, -0.2) is 0 Å². The van der Waals surface area contributed by atoms with Gasteiger partial charge in [-0.15, -0.1) is 0 Å². The Hall–Kier alpha value is -2.04. The Morgan fingerprint density at radius 3 is 2.55 bits per heavy atom. The van der Waals surface area contributed by atoms with Crippen molar-refractivity contribution in [1.29, 1.82) is 0 Å². The van der Waals surface area contributed by atoms with E-state index in [9.17, 15) is 9.59 Å². The predicted octanol–water partition coefficient (Wildman–Crippen LogP) is 4.80. The molecule has 2 saturated carbocycles. The third-order valence-corrected chi connectivity index (χ3v) is 7.56. The lowest BCUT2D eigenvalue weighted by Gasteiger charge is -2.50. The maximum atomic E-state index is 11.6. The Kier molecular flexibility index (Phi) is 5.34. The van der Waals surface area contributed by atoms with Gasteiger partial charge < -0.3 is 14.2 Å². The highest BCUT2D eigenvalue weighted by Crippen LogP contribution is 2.62. The van der Waals surface area contributed by atoms with Crippen LogP contribution in [-0.2, 0) is 20.7 Å². The van der Waals surface area contributed by atoms with Crippen LogP contribution >= 0.6 is 0 Å². The number of aryl methyl sites for hydroxylation is 1. The molecule has 0 radical (unpaired) electrons. The number of carbonyl (C=O) groups excluding carboxylic acids is 2. The molecular weight excluding hydrogens is 368 g/mol. The van der Waals surface area contributed by atoms with E-state index in [0.717, 1.165) is 38.5 Å². The molecule has 1 unspecified atom stereocenters. The van der Waals surface area contributed by atoms with Crippen molar-refractivity contribution in [2.24, 2.45) is 17.3 Å². The second-order valence-corrected chi connectivity index (χ2v) is 9.16. The quantitative estimate of drug-likeness (QED) is 0.537. The summed E-state index contributed by atoms with van der Waals surface area (Å²) in [6.07, 6.45) is 6.46. The second-order valence-electron chi connectivity index (χ2n) is 9.16. The van der Waals surface area contributed by atoms with Gasteiger partial charge >= 0.3 is 11.9 Å². The average Bonchev–Trinajstić information content (AvgIpc) is 2.98. The lowest BCUT2D eigenvalue weighted by molar-refractivity contribution is -0.154. The number of hydrogen-bond acceptors (Lipinski definition) is 5. The summed E-state index contributed by atoms with van der Waals surface area (Å²) >= 11 is 0. The highest BCUT2D eigenvalue weighted by atomic mass is 16.6. The first-order valence-corrected chi connectivity index (χ1v) is 11.0. The smallest absolute Gasteiger partial charge is 0.308 e. The molecule has 5 heteroatoms. The van der Waals surface area contributed by atoms with E-state index in [4.69, 9.17) is 14.2 Å². The molecule has 0 spiro atoms. The third-order valence-electron chi connectivity index (χ3n) is 7.56. The van der Waals surface area contributed by atoms with Gasteiger partial charge in [0.15, 0.2) is 11.5 Å². The second kappa shape index (κ2) is 7.66. The van der Waals surface area contributed by atoms with Crippen LogP contribution in [-0.4, -0.2) is 24.6 Å². The topological polar surface area (TPSA) is 61.8 Å². The number of rotatable bonds is 4. The van der Waals surface area contributed by atoms with Crippen LogP contribution in [0.5, 0.6) is 11.5 Å². The SMILES string of the molecule is CCOc1cc2c(cc1OC(C)=O)CC[C@@H]1[C@@H]2CC[C@]2(C)C(OC(C)=O)CC[C@@H]12. The molecule has 4 rings (SSSR count). The van der Waals surface area contributed by atoms with Gasteiger partial charge in [-0.2, -0.15) is 0 Å². The molecule has 5 nitrogen and oxygen atoms in total. The molecule has 3 aliphatic rings. The summed E-state index contributed by atoms with van der Waals surface area (Å²) in [7, 11) is 0. The summed E-state index contributed by atoms with van der Waals surface area (Å²) in [5.41, 5.74) is 2.73. The molecule has 2 fully saturated rings. The van der Waals surface area contributed by atoms with Crippen molar-refractivity contribution in [1.82, 2.24) is 0 Å². The van der Waals surface area contributed by atoms with E-state index in [1.54, 1.807) is 0 Å². The highest BCUT2D eigenvalue weighted by molar-refractivity contribution is 5.71. The first kappa shape index (κ1) is 20.2. The number of fused-ring (bicyclic) bond motifs is 5. The molecule has 0 heterocycles. The van der Waals surface area contributed by atoms with Crippen LogP contribution in [0, 0.1) is 17.3 Å². The number of hydrogen-bond donors (Lipinski definition) is 0. The van der Waals surface area contributed by atoms with E-state index in [2.05, 4.69) is 13.0 Å². The van der Waals surface area contributed by atoms with Crippen LogP contribution in [0.2, 0.25) is 0 Å². The number of ether oxygens (including phenoxy) is 3. The fraction of sp³-hybridized carbons (Fsp3) is 0.667. The van der Waals surface area contributed by atoms with Crippen LogP contribution in [0.3, 0.4) is 0 Å². The van der Waals surface area contributed by atoms with Gasteiger partial charge in [0.1, 0.15) is 6.10 Å². The van der Waals surface area contributed by atoms with Crippen molar-refractivity contribution in [3.8, 4) is 11.5 Å². The standard InChI is InChI=1S/C24H32O5/c1-5-27-21-13-19-16(12-22(21)28-14(2)25)6-7-18-17(19)10-11-24(4)20(18)8-9-23(24)29-15(3)26/h12-13,17-18,20,23H,5-11H2,1-4H3/t17-,18+,20-,23?,24-/m0/s1. The molecule has 0 saturated heterocycles. The van der Waals surface area contributed by atoms with E-state index in [0.29, 0.717) is 35.9 Å². The van der Waals surface area contributed by atoms with Crippen LogP contribution in [0.25, 0.3) is 0 Å². The van der Waals surface area contributed by atoms with Crippen molar-refractivity contribution >= 4 is 11.9 Å². The molecule has 0 N–H and O–H groups in total. The Balaban J connectivity index is 1.64. The lowest BCUT2D eigenvalue weighted by Crippen LogP contribution is -2.45. The number of carbonyl (C=O) groups is 2. The van der Waals surface area contributed by atoms with Crippen LogP contribution in [0.1, 0.15) is 76.8 Å². The summed E-state index contributed by atoms with van der Waals surface area (Å²) in [6, 6.07) is 4.14. The largest absolute Gasteiger partial charge is 0.490 e. The maximum Gasteiger partial charge on any atom is 0.308 e. The van der Waals surface area contributed by atoms with Crippen molar-refractivity contribution < 1.29 is 23.8 Å². The summed E-state index contributed by atoms with van der Waals surface area (Å²) in [6.45, 7) is 7.76. The first-order chi connectivity index (χ1) is 13.8. The molecule has 0 bridgehead atoms. The van der Waals surface area contributed by atoms with Crippen LogP contribution < -0.4 is 9.47 Å². The summed E-state index contributed by atoms with van der Waals surface area (Å²) in [4.78, 5) is 23.1. The van der Waals surface area contributed by atoms with Gasteiger partial charge in [-0.05, 0) is 86.5 Å². The van der Waals surface area contributed by atoms with Gasteiger partial charge in [-0.1, -0.05) is 6.92 Å². The molecule has 0 aliphatic heterocycles. The molecule has 0 aromatic heterocycles. The van der Waals surface area contributed by atoms with E-state index < -0.39 is 0 Å². The molecule has 0 amide bonds. The van der Waals surface area contributed by atoms with E-state index >= 15 is 0 Å². The Labute approximate surface area is 173 Å². The van der Waals surface area contributed by atoms with Crippen molar-refractivity contribution in [2.75, 3.05) is 6.61 Å². The van der Waals surface area contributed by atoms with Gasteiger partial charge in [0.2, 0.25) is 0 Å². The monoisotopic (exact) mass is 400 g/mol.